The van der Waals surface area contributed by atoms with Gasteiger partial charge in [0.15, 0.2) is 18.4 Å². The first kappa shape index (κ1) is 53.9. The van der Waals surface area contributed by atoms with Crippen molar-refractivity contribution in [3.05, 3.63) is 11.6 Å². The molecule has 8 aliphatic rings. The molecule has 0 aromatic carbocycles. The van der Waals surface area contributed by atoms with Gasteiger partial charge in [0.1, 0.15) is 67.1 Å². The Labute approximate surface area is 405 Å². The van der Waals surface area contributed by atoms with E-state index in [1.54, 1.807) is 19.9 Å². The van der Waals surface area contributed by atoms with E-state index in [2.05, 4.69) is 6.92 Å². The third kappa shape index (κ3) is 8.05. The first-order valence-corrected chi connectivity index (χ1v) is 24.5. The van der Waals surface area contributed by atoms with Gasteiger partial charge in [-0.2, -0.15) is 0 Å². The molecule has 3 saturated heterocycles. The van der Waals surface area contributed by atoms with Crippen LogP contribution in [0.15, 0.2) is 11.6 Å². The highest BCUT2D eigenvalue weighted by Gasteiger charge is 2.73. The summed E-state index contributed by atoms with van der Waals surface area (Å²) in [6.45, 7) is 7.13. The van der Waals surface area contributed by atoms with Gasteiger partial charge in [-0.15, -0.1) is 0 Å². The summed E-state index contributed by atoms with van der Waals surface area (Å²) in [4.78, 5) is 43.6. The molecule has 70 heavy (non-hydrogen) atoms. The molecule has 7 fully saturated rings. The minimum atomic E-state index is -1.85. The van der Waals surface area contributed by atoms with Gasteiger partial charge in [-0.3, -0.25) is 14.4 Å². The van der Waals surface area contributed by atoms with Gasteiger partial charge in [0.2, 0.25) is 6.29 Å². The van der Waals surface area contributed by atoms with Gasteiger partial charge >= 0.3 is 11.9 Å². The number of ketones is 1. The SMILES string of the molecule is COC(=O)[C@]1(C)CC[C@]2(C(=O)O[C@@H]3O[C@H](CO)[C@@H](O)[C@H](O)[C@H]3O)CC[C@]3(C)C(=CC(=O)[C@@H]4[C@@]5(C)C[C@H](O)[C@H](O[C@@H]6OC[C@@H](O[C@@H]7O[C@H](CO)[C@@H](O)[C@H](O)[C@H]7O)[C@H](O)[C@H]6O)[C@@](C)(CO)C5CC[C@]43C)[C@H]2C1. The van der Waals surface area contributed by atoms with Crippen molar-refractivity contribution in [2.24, 2.45) is 50.2 Å². The first-order chi connectivity index (χ1) is 32.8. The summed E-state index contributed by atoms with van der Waals surface area (Å²) in [5, 5.41) is 128. The Bertz CT molecular complexity index is 2000. The molecule has 0 aromatic rings. The van der Waals surface area contributed by atoms with E-state index in [9.17, 15) is 70.9 Å². The van der Waals surface area contributed by atoms with E-state index in [4.69, 9.17) is 33.2 Å². The Morgan fingerprint density at radius 3 is 1.87 bits per heavy atom. The molecule has 22 heteroatoms. The third-order valence-corrected chi connectivity index (χ3v) is 19.2. The van der Waals surface area contributed by atoms with Gasteiger partial charge < -0.3 is 94.4 Å². The number of carbonyl (C=O) groups excluding carboxylic acids is 3. The summed E-state index contributed by atoms with van der Waals surface area (Å²) >= 11 is 0. The molecule has 3 heterocycles. The van der Waals surface area contributed by atoms with Crippen LogP contribution in [0.4, 0.5) is 0 Å². The standard InChI is InChI=1S/C48H74O22/c1-43(41(62)64-6)9-11-48(42(63)70-40-35(61)32(58)29(55)25(17-50)67-40)12-10-46(4)20(21(48)14-43)13-22(52)36-44(2)15-23(53)37(45(3,19-51)27(44)7-8-47(36,46)5)69-38-33(59)30(56)26(18-65-38)68-39-34(60)31(57)28(54)24(16-49)66-39/h13,21,23-40,49-51,53-61H,7-12,14-19H2,1-6H3/t21-,23+,24-,25-,26-,27?,28-,29-,30+,31+,32+,33-,34-,35-,36-,37+,38+,39+,40+,43-,44+,45+,46-,47-,48+/m1/s1. The molecule has 0 aromatic heterocycles. The molecule has 4 saturated carbocycles. The fraction of sp³-hybridized carbons (Fsp3) is 0.896. The van der Waals surface area contributed by atoms with Crippen molar-refractivity contribution in [3.8, 4) is 0 Å². The molecule has 0 radical (unpaired) electrons. The largest absolute Gasteiger partial charge is 0.469 e. The zero-order valence-corrected chi connectivity index (χ0v) is 40.5. The van der Waals surface area contributed by atoms with Crippen LogP contribution in [0.1, 0.15) is 86.0 Å². The van der Waals surface area contributed by atoms with Crippen LogP contribution in [0.3, 0.4) is 0 Å². The Hall–Kier alpha value is -2.33. The zero-order valence-electron chi connectivity index (χ0n) is 40.5. The second-order valence-electron chi connectivity index (χ2n) is 22.9. The van der Waals surface area contributed by atoms with Crippen molar-refractivity contribution in [1.82, 2.24) is 0 Å². The minimum absolute atomic E-state index is 0.0105. The van der Waals surface area contributed by atoms with Crippen molar-refractivity contribution in [2.75, 3.05) is 33.5 Å². The lowest BCUT2D eigenvalue weighted by Crippen LogP contribution is -2.71. The fourth-order valence-corrected chi connectivity index (χ4v) is 15.0. The van der Waals surface area contributed by atoms with Crippen molar-refractivity contribution in [3.63, 3.8) is 0 Å². The zero-order chi connectivity index (χ0) is 51.4. The molecule has 0 spiro atoms. The second kappa shape index (κ2) is 19.1. The Balaban J connectivity index is 1.06. The van der Waals surface area contributed by atoms with Gasteiger partial charge in [0, 0.05) is 11.3 Å². The van der Waals surface area contributed by atoms with Gasteiger partial charge in [-0.1, -0.05) is 33.3 Å². The monoisotopic (exact) mass is 1000 g/mol. The number of hydrogen-bond donors (Lipinski definition) is 12. The van der Waals surface area contributed by atoms with Crippen molar-refractivity contribution >= 4 is 17.7 Å². The summed E-state index contributed by atoms with van der Waals surface area (Å²) in [5.74, 6) is -3.52. The van der Waals surface area contributed by atoms with E-state index in [-0.39, 0.29) is 37.9 Å². The molecule has 3 aliphatic heterocycles. The number of aliphatic hydroxyl groups is 12. The molecule has 22 nitrogen and oxygen atoms in total. The maximum atomic E-state index is 15.3. The van der Waals surface area contributed by atoms with Gasteiger partial charge in [-0.25, -0.2) is 0 Å². The van der Waals surface area contributed by atoms with Crippen LogP contribution in [0.5, 0.6) is 0 Å². The van der Waals surface area contributed by atoms with Crippen LogP contribution >= 0.6 is 0 Å². The summed E-state index contributed by atoms with van der Waals surface area (Å²) in [6, 6.07) is 0. The normalized spacial score (nSPS) is 53.6. The molecule has 12 N–H and O–H groups in total. The van der Waals surface area contributed by atoms with E-state index in [0.29, 0.717) is 24.8 Å². The number of ether oxygens (including phenoxy) is 7. The van der Waals surface area contributed by atoms with E-state index in [0.717, 1.165) is 0 Å². The van der Waals surface area contributed by atoms with E-state index >= 15 is 4.79 Å². The Morgan fingerprint density at radius 1 is 0.686 bits per heavy atom. The van der Waals surface area contributed by atoms with Crippen LogP contribution in [0.25, 0.3) is 0 Å². The van der Waals surface area contributed by atoms with Gasteiger partial charge in [0.05, 0.1) is 56.6 Å². The number of hydrogen-bond acceptors (Lipinski definition) is 22. The lowest BCUT2D eigenvalue weighted by atomic mass is 9.33. The first-order valence-electron chi connectivity index (χ1n) is 24.5. The predicted octanol–water partition coefficient (Wildman–Crippen LogP) is -2.95. The fourth-order valence-electron chi connectivity index (χ4n) is 15.0. The van der Waals surface area contributed by atoms with Crippen LogP contribution in [-0.2, 0) is 47.5 Å². The van der Waals surface area contributed by atoms with E-state index < -0.39 is 187 Å². The average molecular weight is 1000 g/mol. The van der Waals surface area contributed by atoms with Gasteiger partial charge in [-0.05, 0) is 92.4 Å². The number of aliphatic hydroxyl groups excluding tert-OH is 12. The summed E-state index contributed by atoms with van der Waals surface area (Å²) in [6.07, 6.45) is -22.0. The maximum Gasteiger partial charge on any atom is 0.315 e. The number of rotatable bonds is 10. The molecule has 1 unspecified atom stereocenters. The number of allylic oxidation sites excluding steroid dienone is 2. The lowest BCUT2D eigenvalue weighted by molar-refractivity contribution is -0.357. The number of methoxy groups -OCH3 is 1. The summed E-state index contributed by atoms with van der Waals surface area (Å²) < 4.78 is 40.0. The Kier molecular flexibility index (Phi) is 14.7. The molecule has 0 amide bonds. The lowest BCUT2D eigenvalue weighted by Gasteiger charge is -2.71. The predicted molar refractivity (Wildman–Crippen MR) is 234 cm³/mol. The molecule has 8 rings (SSSR count). The van der Waals surface area contributed by atoms with Gasteiger partial charge in [0.25, 0.3) is 0 Å². The number of esters is 2. The van der Waals surface area contributed by atoms with E-state index in [1.807, 2.05) is 13.8 Å². The molecule has 5 aliphatic carbocycles. The van der Waals surface area contributed by atoms with Crippen LogP contribution < -0.4 is 0 Å². The number of fused-ring (bicyclic) bond motifs is 7. The highest BCUT2D eigenvalue weighted by Crippen LogP contribution is 2.75. The van der Waals surface area contributed by atoms with E-state index in [1.165, 1.54) is 7.11 Å². The van der Waals surface area contributed by atoms with Crippen molar-refractivity contribution < 1.29 is 109 Å². The highest BCUT2D eigenvalue weighted by molar-refractivity contribution is 5.96. The van der Waals surface area contributed by atoms with Crippen molar-refractivity contribution in [1.29, 1.82) is 0 Å². The molecule has 25 atom stereocenters. The maximum absolute atomic E-state index is 15.3. The highest BCUT2D eigenvalue weighted by atomic mass is 16.7. The Morgan fingerprint density at radius 2 is 1.27 bits per heavy atom. The smallest absolute Gasteiger partial charge is 0.315 e. The van der Waals surface area contributed by atoms with Crippen molar-refractivity contribution in [2.45, 2.75) is 184 Å². The molecule has 0 bridgehead atoms. The average Bonchev–Trinajstić information content (AvgIpc) is 3.32. The van der Waals surface area contributed by atoms with Crippen LogP contribution in [0.2, 0.25) is 0 Å². The second-order valence-corrected chi connectivity index (χ2v) is 22.9. The molecular weight excluding hydrogens is 929 g/mol. The molecule has 398 valence electrons. The summed E-state index contributed by atoms with van der Waals surface area (Å²) in [7, 11) is 1.28. The third-order valence-electron chi connectivity index (χ3n) is 19.2. The van der Waals surface area contributed by atoms with Crippen LogP contribution in [0, 0.1) is 50.2 Å². The molecular formula is C48H74O22. The topological polar surface area (TPSA) is 359 Å². The summed E-state index contributed by atoms with van der Waals surface area (Å²) in [5.41, 5.74) is -5.62. The van der Waals surface area contributed by atoms with Crippen LogP contribution in [-0.4, -0.2) is 211 Å². The quantitative estimate of drug-likeness (QED) is 0.0769. The number of carbonyl (C=O) groups is 3. The minimum Gasteiger partial charge on any atom is -0.469 e.